The lowest BCUT2D eigenvalue weighted by Gasteiger charge is -2.30. The van der Waals surface area contributed by atoms with Crippen LogP contribution in [0.1, 0.15) is 28.8 Å². The van der Waals surface area contributed by atoms with E-state index in [0.29, 0.717) is 6.54 Å². The monoisotopic (exact) mass is 332 g/mol. The molecule has 2 rings (SSSR count). The zero-order valence-corrected chi connectivity index (χ0v) is 12.8. The number of rotatable bonds is 1. The summed E-state index contributed by atoms with van der Waals surface area (Å²) in [5.41, 5.74) is 7.73. The normalized spacial score (nSPS) is 19.3. The Kier molecular flexibility index (Phi) is 5.63. The van der Waals surface area contributed by atoms with Gasteiger partial charge < -0.3 is 10.6 Å². The third-order valence-corrected chi connectivity index (χ3v) is 3.49. The highest BCUT2D eigenvalue weighted by atomic mass is 79.9. The molecule has 0 saturated carbocycles. The van der Waals surface area contributed by atoms with Crippen molar-refractivity contribution >= 4 is 34.2 Å². The largest absolute Gasteiger partial charge is 0.337 e. The first-order valence-electron chi connectivity index (χ1n) is 5.88. The van der Waals surface area contributed by atoms with Crippen LogP contribution in [0, 0.1) is 6.92 Å². The van der Waals surface area contributed by atoms with Crippen LogP contribution in [0.2, 0.25) is 0 Å². The van der Waals surface area contributed by atoms with E-state index < -0.39 is 0 Å². The van der Waals surface area contributed by atoms with Crippen LogP contribution in [0.4, 0.5) is 0 Å². The van der Waals surface area contributed by atoms with Crippen molar-refractivity contribution in [2.24, 2.45) is 5.73 Å². The minimum absolute atomic E-state index is 0. The lowest BCUT2D eigenvalue weighted by atomic mass is 10.0. The van der Waals surface area contributed by atoms with Crippen molar-refractivity contribution in [3.05, 3.63) is 33.8 Å². The van der Waals surface area contributed by atoms with E-state index in [2.05, 4.69) is 15.9 Å². The zero-order chi connectivity index (χ0) is 12.4. The van der Waals surface area contributed by atoms with Gasteiger partial charge in [0, 0.05) is 29.2 Å². The summed E-state index contributed by atoms with van der Waals surface area (Å²) < 4.78 is 0.946. The molecular formula is C13H18BrClN2O. The Morgan fingerprint density at radius 2 is 2.17 bits per heavy atom. The molecule has 5 heteroatoms. The number of carbonyl (C=O) groups is 1. The lowest BCUT2D eigenvalue weighted by molar-refractivity contribution is 0.0708. The average Bonchev–Trinajstić information content (AvgIpc) is 2.26. The number of nitrogens with zero attached hydrogens (tertiary/aromatic N) is 1. The van der Waals surface area contributed by atoms with E-state index in [1.165, 1.54) is 0 Å². The first kappa shape index (κ1) is 15.5. The van der Waals surface area contributed by atoms with Crippen LogP contribution in [0.15, 0.2) is 22.7 Å². The molecule has 0 radical (unpaired) electrons. The molecule has 1 amide bonds. The van der Waals surface area contributed by atoms with Crippen molar-refractivity contribution < 1.29 is 4.79 Å². The predicted octanol–water partition coefficient (Wildman–Crippen LogP) is 2.74. The second-order valence-corrected chi connectivity index (χ2v) is 5.59. The smallest absolute Gasteiger partial charge is 0.253 e. The molecule has 1 aromatic carbocycles. The molecule has 1 fully saturated rings. The summed E-state index contributed by atoms with van der Waals surface area (Å²) in [5.74, 6) is 0.0875. The Bertz CT molecular complexity index is 419. The topological polar surface area (TPSA) is 46.3 Å². The molecule has 2 N–H and O–H groups in total. The average molecular weight is 334 g/mol. The summed E-state index contributed by atoms with van der Waals surface area (Å²) in [6.07, 6.45) is 2.02. The van der Waals surface area contributed by atoms with E-state index >= 15 is 0 Å². The fourth-order valence-electron chi connectivity index (χ4n) is 2.24. The SMILES string of the molecule is Cc1cc(Br)cc(C(=O)N2CCCC(N)C2)c1.Cl. The molecule has 0 spiro atoms. The number of nitrogens with two attached hydrogens (primary N) is 1. The summed E-state index contributed by atoms with van der Waals surface area (Å²) in [4.78, 5) is 14.2. The minimum Gasteiger partial charge on any atom is -0.337 e. The third-order valence-electron chi connectivity index (χ3n) is 3.03. The van der Waals surface area contributed by atoms with E-state index in [9.17, 15) is 4.79 Å². The van der Waals surface area contributed by atoms with Gasteiger partial charge in [-0.2, -0.15) is 0 Å². The second-order valence-electron chi connectivity index (χ2n) is 4.67. The molecule has 1 saturated heterocycles. The molecule has 1 heterocycles. The molecule has 0 bridgehead atoms. The molecule has 1 aromatic rings. The van der Waals surface area contributed by atoms with Crippen molar-refractivity contribution in [2.75, 3.05) is 13.1 Å². The van der Waals surface area contributed by atoms with Crippen molar-refractivity contribution in [2.45, 2.75) is 25.8 Å². The van der Waals surface area contributed by atoms with E-state index in [1.807, 2.05) is 30.0 Å². The third kappa shape index (κ3) is 3.70. The summed E-state index contributed by atoms with van der Waals surface area (Å²) in [6, 6.07) is 5.92. The molecule has 100 valence electrons. The highest BCUT2D eigenvalue weighted by Crippen LogP contribution is 2.18. The number of amides is 1. The first-order valence-corrected chi connectivity index (χ1v) is 6.67. The maximum Gasteiger partial charge on any atom is 0.253 e. The van der Waals surface area contributed by atoms with Crippen LogP contribution in [-0.4, -0.2) is 29.9 Å². The summed E-state index contributed by atoms with van der Waals surface area (Å²) >= 11 is 3.42. The number of benzene rings is 1. The van der Waals surface area contributed by atoms with Crippen molar-refractivity contribution in [3.8, 4) is 0 Å². The number of carbonyl (C=O) groups excluding carboxylic acids is 1. The molecule has 0 aromatic heterocycles. The van der Waals surface area contributed by atoms with Crippen LogP contribution >= 0.6 is 28.3 Å². The lowest BCUT2D eigenvalue weighted by Crippen LogP contribution is -2.45. The second kappa shape index (κ2) is 6.55. The quantitative estimate of drug-likeness (QED) is 0.859. The highest BCUT2D eigenvalue weighted by molar-refractivity contribution is 9.10. The van der Waals surface area contributed by atoms with Gasteiger partial charge in [0.15, 0.2) is 0 Å². The Labute approximate surface area is 122 Å². The van der Waals surface area contributed by atoms with Crippen LogP contribution in [0.25, 0.3) is 0 Å². The standard InChI is InChI=1S/C13H17BrN2O.ClH/c1-9-5-10(7-11(14)6-9)13(17)16-4-2-3-12(15)8-16;/h5-7,12H,2-4,8,15H2,1H3;1H. The Morgan fingerprint density at radius 1 is 1.44 bits per heavy atom. The van der Waals surface area contributed by atoms with Crippen molar-refractivity contribution in [3.63, 3.8) is 0 Å². The van der Waals surface area contributed by atoms with Crippen molar-refractivity contribution in [1.29, 1.82) is 0 Å². The maximum absolute atomic E-state index is 12.3. The molecule has 1 unspecified atom stereocenters. The molecule has 18 heavy (non-hydrogen) atoms. The van der Waals surface area contributed by atoms with E-state index in [0.717, 1.165) is 35.0 Å². The molecule has 1 aliphatic heterocycles. The number of halogens is 2. The number of aryl methyl sites for hydroxylation is 1. The van der Waals surface area contributed by atoms with Crippen LogP contribution in [-0.2, 0) is 0 Å². The first-order chi connectivity index (χ1) is 8.06. The molecule has 1 aliphatic rings. The molecule has 1 atom stereocenters. The fraction of sp³-hybridized carbons (Fsp3) is 0.462. The van der Waals surface area contributed by atoms with E-state index in [-0.39, 0.29) is 24.4 Å². The van der Waals surface area contributed by atoms with Gasteiger partial charge in [-0.25, -0.2) is 0 Å². The zero-order valence-electron chi connectivity index (χ0n) is 10.4. The number of piperidine rings is 1. The number of likely N-dealkylation sites (tertiary alicyclic amines) is 1. The van der Waals surface area contributed by atoms with Gasteiger partial charge >= 0.3 is 0 Å². The molecular weight excluding hydrogens is 316 g/mol. The van der Waals surface area contributed by atoms with Crippen LogP contribution in [0.5, 0.6) is 0 Å². The number of hydrogen-bond donors (Lipinski definition) is 1. The van der Waals surface area contributed by atoms with Gasteiger partial charge in [0.25, 0.3) is 5.91 Å². The van der Waals surface area contributed by atoms with Gasteiger partial charge in [-0.1, -0.05) is 15.9 Å². The molecule has 3 nitrogen and oxygen atoms in total. The Balaban J connectivity index is 0.00000162. The Morgan fingerprint density at radius 3 is 2.78 bits per heavy atom. The summed E-state index contributed by atoms with van der Waals surface area (Å²) in [7, 11) is 0. The number of hydrogen-bond acceptors (Lipinski definition) is 2. The van der Waals surface area contributed by atoms with Gasteiger partial charge in [0.1, 0.15) is 0 Å². The summed E-state index contributed by atoms with van der Waals surface area (Å²) in [6.45, 7) is 3.48. The fourth-order valence-corrected chi connectivity index (χ4v) is 2.84. The van der Waals surface area contributed by atoms with Gasteiger partial charge in [-0.15, -0.1) is 12.4 Å². The van der Waals surface area contributed by atoms with Gasteiger partial charge in [-0.05, 0) is 43.5 Å². The Hall–Kier alpha value is -0.580. The van der Waals surface area contributed by atoms with Gasteiger partial charge in [0.2, 0.25) is 0 Å². The predicted molar refractivity (Wildman–Crippen MR) is 79.2 cm³/mol. The minimum atomic E-state index is 0. The summed E-state index contributed by atoms with van der Waals surface area (Å²) in [5, 5.41) is 0. The highest BCUT2D eigenvalue weighted by Gasteiger charge is 2.22. The van der Waals surface area contributed by atoms with Gasteiger partial charge in [-0.3, -0.25) is 4.79 Å². The van der Waals surface area contributed by atoms with Crippen LogP contribution < -0.4 is 5.73 Å². The van der Waals surface area contributed by atoms with Crippen LogP contribution in [0.3, 0.4) is 0 Å². The van der Waals surface area contributed by atoms with Crippen molar-refractivity contribution in [1.82, 2.24) is 4.90 Å². The van der Waals surface area contributed by atoms with E-state index in [4.69, 9.17) is 5.73 Å². The molecule has 0 aliphatic carbocycles. The van der Waals surface area contributed by atoms with Gasteiger partial charge in [0.05, 0.1) is 0 Å². The van der Waals surface area contributed by atoms with E-state index in [1.54, 1.807) is 0 Å². The maximum atomic E-state index is 12.3.